The molecule has 2 nitrogen and oxygen atoms in total. The number of aryl methyl sites for hydroxylation is 1. The molecule has 21 heavy (non-hydrogen) atoms. The number of hydrogen-bond donors (Lipinski definition) is 0. The molecular formula is C19H21NO. The van der Waals surface area contributed by atoms with Gasteiger partial charge in [0, 0.05) is 24.2 Å². The van der Waals surface area contributed by atoms with Crippen molar-refractivity contribution < 1.29 is 4.79 Å². The first-order valence-corrected chi connectivity index (χ1v) is 7.50. The summed E-state index contributed by atoms with van der Waals surface area (Å²) in [5.41, 5.74) is 3.36. The van der Waals surface area contributed by atoms with Gasteiger partial charge in [0.15, 0.2) is 0 Å². The van der Waals surface area contributed by atoms with Crippen LogP contribution in [0.15, 0.2) is 48.7 Å². The van der Waals surface area contributed by atoms with Gasteiger partial charge in [-0.05, 0) is 35.4 Å². The van der Waals surface area contributed by atoms with Crippen LogP contribution in [0.3, 0.4) is 0 Å². The molecule has 0 unspecified atom stereocenters. The van der Waals surface area contributed by atoms with Gasteiger partial charge in [-0.15, -0.1) is 0 Å². The summed E-state index contributed by atoms with van der Waals surface area (Å²) in [5, 5.41) is 0. The van der Waals surface area contributed by atoms with Crippen molar-refractivity contribution in [2.24, 2.45) is 11.3 Å². The van der Waals surface area contributed by atoms with Gasteiger partial charge >= 0.3 is 0 Å². The Hall–Kier alpha value is -1.96. The molecule has 0 spiro atoms. The molecule has 0 amide bonds. The van der Waals surface area contributed by atoms with Gasteiger partial charge in [0.25, 0.3) is 0 Å². The highest BCUT2D eigenvalue weighted by molar-refractivity contribution is 5.88. The van der Waals surface area contributed by atoms with Gasteiger partial charge in [-0.2, -0.15) is 0 Å². The van der Waals surface area contributed by atoms with Gasteiger partial charge in [0.05, 0.1) is 0 Å². The molecule has 1 fully saturated rings. The van der Waals surface area contributed by atoms with Gasteiger partial charge < -0.3 is 0 Å². The van der Waals surface area contributed by atoms with E-state index in [4.69, 9.17) is 0 Å². The highest BCUT2D eigenvalue weighted by atomic mass is 16.1. The molecule has 0 saturated heterocycles. The first kappa shape index (κ1) is 14.0. The number of pyridine rings is 1. The summed E-state index contributed by atoms with van der Waals surface area (Å²) >= 11 is 0. The Kier molecular flexibility index (Phi) is 3.40. The van der Waals surface area contributed by atoms with Crippen LogP contribution >= 0.6 is 0 Å². The summed E-state index contributed by atoms with van der Waals surface area (Å²) in [6.45, 7) is 6.36. The lowest BCUT2D eigenvalue weighted by Gasteiger charge is -2.05. The molecule has 1 saturated carbocycles. The SMILES string of the molecule is Cc1ncccc1CC(=O)[C@@H]1[C@@H](c2ccccc2)C1(C)C. The minimum atomic E-state index is 0.0640. The Labute approximate surface area is 126 Å². The van der Waals surface area contributed by atoms with Crippen LogP contribution in [0, 0.1) is 18.3 Å². The van der Waals surface area contributed by atoms with Crippen LogP contribution in [0.5, 0.6) is 0 Å². The van der Waals surface area contributed by atoms with Crippen molar-refractivity contribution in [2.75, 3.05) is 0 Å². The molecule has 2 heteroatoms. The molecule has 1 aromatic carbocycles. The van der Waals surface area contributed by atoms with Gasteiger partial charge in [-0.3, -0.25) is 9.78 Å². The van der Waals surface area contributed by atoms with E-state index in [0.29, 0.717) is 18.1 Å². The second-order valence-electron chi connectivity index (χ2n) is 6.58. The number of nitrogens with zero attached hydrogens (tertiary/aromatic N) is 1. The summed E-state index contributed by atoms with van der Waals surface area (Å²) in [7, 11) is 0. The molecule has 0 aliphatic heterocycles. The van der Waals surface area contributed by atoms with Gasteiger partial charge in [0.2, 0.25) is 0 Å². The number of rotatable bonds is 4. The first-order chi connectivity index (χ1) is 10.0. The van der Waals surface area contributed by atoms with Crippen molar-refractivity contribution >= 4 is 5.78 Å². The van der Waals surface area contributed by atoms with E-state index in [-0.39, 0.29) is 11.3 Å². The van der Waals surface area contributed by atoms with Gasteiger partial charge in [0.1, 0.15) is 5.78 Å². The Morgan fingerprint density at radius 2 is 1.86 bits per heavy atom. The second-order valence-corrected chi connectivity index (χ2v) is 6.58. The van der Waals surface area contributed by atoms with Gasteiger partial charge in [-0.25, -0.2) is 0 Å². The molecule has 1 heterocycles. The van der Waals surface area contributed by atoms with Crippen LogP contribution in [0.1, 0.15) is 36.6 Å². The summed E-state index contributed by atoms with van der Waals surface area (Å²) in [4.78, 5) is 17.0. The molecular weight excluding hydrogens is 258 g/mol. The zero-order chi connectivity index (χ0) is 15.0. The maximum atomic E-state index is 12.7. The van der Waals surface area contributed by atoms with Crippen molar-refractivity contribution in [3.05, 3.63) is 65.5 Å². The summed E-state index contributed by atoms with van der Waals surface area (Å²) in [5.74, 6) is 0.813. The van der Waals surface area contributed by atoms with E-state index >= 15 is 0 Å². The first-order valence-electron chi connectivity index (χ1n) is 7.50. The molecule has 1 aliphatic rings. The van der Waals surface area contributed by atoms with E-state index in [0.717, 1.165) is 11.3 Å². The highest BCUT2D eigenvalue weighted by Crippen LogP contribution is 2.64. The number of carbonyl (C=O) groups is 1. The number of Topliss-reactive ketones (excluding diaryl/α,β-unsaturated/α-hetero) is 1. The third kappa shape index (κ3) is 2.51. The third-order valence-electron chi connectivity index (χ3n) is 4.81. The standard InChI is InChI=1S/C19H21NO/c1-13-15(10-7-11-20-13)12-16(21)18-17(19(18,2)3)14-8-5-4-6-9-14/h4-11,17-18H,12H2,1-3H3/t17-,18-/m1/s1. The minimum absolute atomic E-state index is 0.0640. The van der Waals surface area contributed by atoms with E-state index in [1.807, 2.05) is 25.1 Å². The fourth-order valence-electron chi connectivity index (χ4n) is 3.52. The Morgan fingerprint density at radius 1 is 1.14 bits per heavy atom. The van der Waals surface area contributed by atoms with Crippen LogP contribution in [-0.4, -0.2) is 10.8 Å². The van der Waals surface area contributed by atoms with Crippen molar-refractivity contribution in [3.8, 4) is 0 Å². The second kappa shape index (κ2) is 5.10. The number of ketones is 1. The number of carbonyl (C=O) groups excluding carboxylic acids is 1. The Balaban J connectivity index is 1.79. The van der Waals surface area contributed by atoms with Crippen molar-refractivity contribution in [3.63, 3.8) is 0 Å². The Bertz CT molecular complexity index is 660. The fourth-order valence-corrected chi connectivity index (χ4v) is 3.52. The van der Waals surface area contributed by atoms with E-state index in [1.54, 1.807) is 6.20 Å². The van der Waals surface area contributed by atoms with E-state index < -0.39 is 0 Å². The van der Waals surface area contributed by atoms with Gasteiger partial charge in [-0.1, -0.05) is 50.2 Å². The summed E-state index contributed by atoms with van der Waals surface area (Å²) in [6.07, 6.45) is 2.27. The molecule has 1 aromatic heterocycles. The largest absolute Gasteiger partial charge is 0.299 e. The van der Waals surface area contributed by atoms with Crippen LogP contribution in [0.2, 0.25) is 0 Å². The van der Waals surface area contributed by atoms with Crippen LogP contribution in [0.25, 0.3) is 0 Å². The lowest BCUT2D eigenvalue weighted by Crippen LogP contribution is -2.10. The molecule has 2 aromatic rings. The zero-order valence-electron chi connectivity index (χ0n) is 12.8. The number of benzene rings is 1. The van der Waals surface area contributed by atoms with E-state index in [1.165, 1.54) is 5.56 Å². The quantitative estimate of drug-likeness (QED) is 0.848. The van der Waals surface area contributed by atoms with E-state index in [2.05, 4.69) is 43.1 Å². The van der Waals surface area contributed by atoms with Crippen molar-refractivity contribution in [1.82, 2.24) is 4.98 Å². The van der Waals surface area contributed by atoms with Crippen LogP contribution in [0.4, 0.5) is 0 Å². The molecule has 0 bridgehead atoms. The minimum Gasteiger partial charge on any atom is -0.299 e. The predicted molar refractivity (Wildman–Crippen MR) is 84.1 cm³/mol. The molecule has 2 atom stereocenters. The monoisotopic (exact) mass is 279 g/mol. The summed E-state index contributed by atoms with van der Waals surface area (Å²) < 4.78 is 0. The maximum absolute atomic E-state index is 12.7. The topological polar surface area (TPSA) is 30.0 Å². The smallest absolute Gasteiger partial charge is 0.141 e. The maximum Gasteiger partial charge on any atom is 0.141 e. The summed E-state index contributed by atoms with van der Waals surface area (Å²) in [6, 6.07) is 14.3. The molecule has 0 N–H and O–H groups in total. The normalized spacial score (nSPS) is 22.8. The number of hydrogen-bond acceptors (Lipinski definition) is 2. The predicted octanol–water partition coefficient (Wildman–Crippen LogP) is 3.94. The molecule has 1 aliphatic carbocycles. The van der Waals surface area contributed by atoms with Crippen molar-refractivity contribution in [2.45, 2.75) is 33.1 Å². The average molecular weight is 279 g/mol. The zero-order valence-corrected chi connectivity index (χ0v) is 12.8. The lowest BCUT2D eigenvalue weighted by atomic mass is 10.0. The van der Waals surface area contributed by atoms with Crippen LogP contribution in [-0.2, 0) is 11.2 Å². The lowest BCUT2D eigenvalue weighted by molar-refractivity contribution is -0.120. The van der Waals surface area contributed by atoms with Crippen LogP contribution < -0.4 is 0 Å². The third-order valence-corrected chi connectivity index (χ3v) is 4.81. The molecule has 0 radical (unpaired) electrons. The molecule has 108 valence electrons. The number of aromatic nitrogens is 1. The average Bonchev–Trinajstić information content (AvgIpc) is 3.05. The molecule has 3 rings (SSSR count). The Morgan fingerprint density at radius 3 is 2.52 bits per heavy atom. The van der Waals surface area contributed by atoms with Crippen molar-refractivity contribution in [1.29, 1.82) is 0 Å². The van der Waals surface area contributed by atoms with E-state index in [9.17, 15) is 4.79 Å². The fraction of sp³-hybridized carbons (Fsp3) is 0.368. The highest BCUT2D eigenvalue weighted by Gasteiger charge is 2.61.